The van der Waals surface area contributed by atoms with E-state index in [0.717, 1.165) is 0 Å². The second kappa shape index (κ2) is 8.26. The lowest BCUT2D eigenvalue weighted by Gasteiger charge is -2.13. The molecule has 0 saturated heterocycles. The number of aromatic amines is 1. The Balaban J connectivity index is 1.61. The van der Waals surface area contributed by atoms with Gasteiger partial charge in [0.25, 0.3) is 0 Å². The Hall–Kier alpha value is -4.01. The number of nitrogens with one attached hydrogen (secondary N) is 1. The molecule has 2 aromatic heterocycles. The molecule has 5 rings (SSSR count). The minimum atomic E-state index is -0.223. The minimum absolute atomic E-state index is 0.223. The molecule has 0 spiro atoms. The summed E-state index contributed by atoms with van der Waals surface area (Å²) in [5.74, 6) is 2.45. The monoisotopic (exact) mass is 431 g/mol. The van der Waals surface area contributed by atoms with Crippen molar-refractivity contribution in [3.05, 3.63) is 53.9 Å². The Morgan fingerprint density at radius 3 is 2.56 bits per heavy atom. The SMILES string of the molecule is COc1cc2c(-c3nn[nH]n3)cnc(C(=O)c3cccc(OCC4CC4)c3)c2cc1OC. The lowest BCUT2D eigenvalue weighted by atomic mass is 9.98. The number of pyridine rings is 1. The van der Waals surface area contributed by atoms with Crippen LogP contribution in [0, 0.1) is 5.92 Å². The molecule has 2 aromatic carbocycles. The summed E-state index contributed by atoms with van der Waals surface area (Å²) >= 11 is 0. The van der Waals surface area contributed by atoms with Crippen LogP contribution in [-0.4, -0.2) is 52.2 Å². The van der Waals surface area contributed by atoms with Crippen molar-refractivity contribution in [3.8, 4) is 28.6 Å². The van der Waals surface area contributed by atoms with Gasteiger partial charge in [0.2, 0.25) is 11.6 Å². The van der Waals surface area contributed by atoms with Gasteiger partial charge in [-0.2, -0.15) is 5.21 Å². The first kappa shape index (κ1) is 19.9. The van der Waals surface area contributed by atoms with Crippen LogP contribution in [-0.2, 0) is 0 Å². The molecule has 0 radical (unpaired) electrons. The molecule has 1 aliphatic carbocycles. The highest BCUT2D eigenvalue weighted by atomic mass is 16.5. The van der Waals surface area contributed by atoms with Crippen molar-refractivity contribution in [2.24, 2.45) is 5.92 Å². The van der Waals surface area contributed by atoms with Gasteiger partial charge in [-0.1, -0.05) is 12.1 Å². The molecule has 0 bridgehead atoms. The van der Waals surface area contributed by atoms with E-state index in [1.54, 1.807) is 44.7 Å². The van der Waals surface area contributed by atoms with Crippen LogP contribution < -0.4 is 14.2 Å². The largest absolute Gasteiger partial charge is 0.493 e. The lowest BCUT2D eigenvalue weighted by Crippen LogP contribution is -2.07. The standard InChI is InChI=1S/C23H21N5O4/c1-30-19-9-16-17(10-20(19)31-2)21(24-11-18(16)23-25-27-28-26-23)22(29)14-4-3-5-15(8-14)32-12-13-6-7-13/h3-5,8-11,13H,6-7,12H2,1-2H3,(H,25,26,27,28). The van der Waals surface area contributed by atoms with Gasteiger partial charge in [-0.3, -0.25) is 9.78 Å². The number of carbonyl (C=O) groups is 1. The van der Waals surface area contributed by atoms with Crippen LogP contribution in [0.4, 0.5) is 0 Å². The highest BCUT2D eigenvalue weighted by Gasteiger charge is 2.23. The normalized spacial score (nSPS) is 13.2. The van der Waals surface area contributed by atoms with Crippen LogP contribution in [0.5, 0.6) is 17.2 Å². The topological polar surface area (TPSA) is 112 Å². The lowest BCUT2D eigenvalue weighted by molar-refractivity contribution is 0.103. The number of carbonyl (C=O) groups excluding carboxylic acids is 1. The summed E-state index contributed by atoms with van der Waals surface area (Å²) in [5.41, 5.74) is 1.40. The summed E-state index contributed by atoms with van der Waals surface area (Å²) in [6.45, 7) is 0.676. The van der Waals surface area contributed by atoms with Crippen molar-refractivity contribution < 1.29 is 19.0 Å². The number of hydrogen-bond acceptors (Lipinski definition) is 8. The Morgan fingerprint density at radius 2 is 1.88 bits per heavy atom. The summed E-state index contributed by atoms with van der Waals surface area (Å²) in [6, 6.07) is 10.7. The first-order chi connectivity index (χ1) is 15.7. The van der Waals surface area contributed by atoms with E-state index in [2.05, 4.69) is 25.6 Å². The number of H-pyrrole nitrogens is 1. The second-order valence-corrected chi connectivity index (χ2v) is 7.62. The molecule has 0 atom stereocenters. The van der Waals surface area contributed by atoms with Gasteiger partial charge < -0.3 is 14.2 Å². The van der Waals surface area contributed by atoms with Gasteiger partial charge in [-0.05, 0) is 48.2 Å². The molecule has 32 heavy (non-hydrogen) atoms. The zero-order valence-electron chi connectivity index (χ0n) is 17.7. The smallest absolute Gasteiger partial charge is 0.212 e. The van der Waals surface area contributed by atoms with Gasteiger partial charge in [0.05, 0.1) is 20.8 Å². The number of fused-ring (bicyclic) bond motifs is 1. The van der Waals surface area contributed by atoms with E-state index in [-0.39, 0.29) is 11.5 Å². The fraction of sp³-hybridized carbons (Fsp3) is 0.261. The van der Waals surface area contributed by atoms with E-state index in [1.165, 1.54) is 12.8 Å². The fourth-order valence-electron chi connectivity index (χ4n) is 3.56. The molecule has 0 aliphatic heterocycles. The number of aromatic nitrogens is 5. The fourth-order valence-corrected chi connectivity index (χ4v) is 3.56. The van der Waals surface area contributed by atoms with Crippen molar-refractivity contribution in [1.82, 2.24) is 25.6 Å². The van der Waals surface area contributed by atoms with Gasteiger partial charge >= 0.3 is 0 Å². The van der Waals surface area contributed by atoms with Gasteiger partial charge in [-0.15, -0.1) is 10.2 Å². The van der Waals surface area contributed by atoms with Crippen LogP contribution in [0.3, 0.4) is 0 Å². The van der Waals surface area contributed by atoms with E-state index in [0.29, 0.717) is 57.5 Å². The highest BCUT2D eigenvalue weighted by molar-refractivity contribution is 6.17. The first-order valence-electron chi connectivity index (χ1n) is 10.2. The number of nitrogens with zero attached hydrogens (tertiary/aromatic N) is 4. The highest BCUT2D eigenvalue weighted by Crippen LogP contribution is 2.37. The molecule has 1 fully saturated rings. The molecule has 2 heterocycles. The van der Waals surface area contributed by atoms with E-state index < -0.39 is 0 Å². The predicted molar refractivity (Wildman–Crippen MR) is 116 cm³/mol. The van der Waals surface area contributed by atoms with Crippen molar-refractivity contribution in [2.75, 3.05) is 20.8 Å². The van der Waals surface area contributed by atoms with E-state index >= 15 is 0 Å². The number of ketones is 1. The third kappa shape index (κ3) is 3.73. The molecule has 1 aliphatic rings. The summed E-state index contributed by atoms with van der Waals surface area (Å²) in [4.78, 5) is 18.0. The summed E-state index contributed by atoms with van der Waals surface area (Å²) in [7, 11) is 3.10. The summed E-state index contributed by atoms with van der Waals surface area (Å²) < 4.78 is 16.8. The molecule has 1 N–H and O–H groups in total. The number of hydrogen-bond donors (Lipinski definition) is 1. The van der Waals surface area contributed by atoms with Gasteiger partial charge in [0, 0.05) is 28.1 Å². The number of tetrazole rings is 1. The first-order valence-corrected chi connectivity index (χ1v) is 10.2. The number of benzene rings is 2. The average Bonchev–Trinajstić information content (AvgIpc) is 3.51. The molecular formula is C23H21N5O4. The quantitative estimate of drug-likeness (QED) is 0.422. The molecule has 0 amide bonds. The van der Waals surface area contributed by atoms with Gasteiger partial charge in [0.1, 0.15) is 11.4 Å². The van der Waals surface area contributed by atoms with Crippen LogP contribution >= 0.6 is 0 Å². The zero-order chi connectivity index (χ0) is 22.1. The van der Waals surface area contributed by atoms with Gasteiger partial charge in [0.15, 0.2) is 11.5 Å². The van der Waals surface area contributed by atoms with Crippen LogP contribution in [0.2, 0.25) is 0 Å². The van der Waals surface area contributed by atoms with Crippen molar-refractivity contribution >= 4 is 16.6 Å². The van der Waals surface area contributed by atoms with Crippen molar-refractivity contribution in [1.29, 1.82) is 0 Å². The minimum Gasteiger partial charge on any atom is -0.493 e. The maximum atomic E-state index is 13.5. The molecule has 162 valence electrons. The Kier molecular flexibility index (Phi) is 5.14. The number of ether oxygens (including phenoxy) is 3. The Labute approximate surface area is 183 Å². The Morgan fingerprint density at radius 1 is 1.09 bits per heavy atom. The maximum Gasteiger partial charge on any atom is 0.212 e. The number of methoxy groups -OCH3 is 2. The molecule has 0 unspecified atom stereocenters. The zero-order valence-corrected chi connectivity index (χ0v) is 17.7. The van der Waals surface area contributed by atoms with Crippen LogP contribution in [0.15, 0.2) is 42.6 Å². The third-order valence-corrected chi connectivity index (χ3v) is 5.47. The Bertz CT molecular complexity index is 1290. The molecule has 9 heteroatoms. The molecule has 1 saturated carbocycles. The van der Waals surface area contributed by atoms with Crippen molar-refractivity contribution in [2.45, 2.75) is 12.8 Å². The average molecular weight is 431 g/mol. The second-order valence-electron chi connectivity index (χ2n) is 7.62. The van der Waals surface area contributed by atoms with E-state index in [4.69, 9.17) is 14.2 Å². The summed E-state index contributed by atoms with van der Waals surface area (Å²) in [6.07, 6.45) is 3.97. The molecule has 4 aromatic rings. The van der Waals surface area contributed by atoms with Crippen LogP contribution in [0.25, 0.3) is 22.2 Å². The predicted octanol–water partition coefficient (Wildman–Crippen LogP) is 3.45. The number of rotatable bonds is 8. The van der Waals surface area contributed by atoms with Crippen LogP contribution in [0.1, 0.15) is 28.9 Å². The molecule has 9 nitrogen and oxygen atoms in total. The summed E-state index contributed by atoms with van der Waals surface area (Å²) in [5, 5.41) is 15.5. The van der Waals surface area contributed by atoms with Crippen molar-refractivity contribution in [3.63, 3.8) is 0 Å². The molecular weight excluding hydrogens is 410 g/mol. The third-order valence-electron chi connectivity index (χ3n) is 5.47. The van der Waals surface area contributed by atoms with Gasteiger partial charge in [-0.25, -0.2) is 0 Å². The maximum absolute atomic E-state index is 13.5. The van der Waals surface area contributed by atoms with E-state index in [1.807, 2.05) is 12.1 Å². The van der Waals surface area contributed by atoms with E-state index in [9.17, 15) is 4.79 Å².